The van der Waals surface area contributed by atoms with Crippen molar-refractivity contribution in [2.45, 2.75) is 31.8 Å². The van der Waals surface area contributed by atoms with Crippen LogP contribution in [0.15, 0.2) is 24.3 Å². The first kappa shape index (κ1) is 10.0. The van der Waals surface area contributed by atoms with Gasteiger partial charge >= 0.3 is 5.97 Å². The van der Waals surface area contributed by atoms with E-state index < -0.39 is 5.97 Å². The highest BCUT2D eigenvalue weighted by atomic mass is 16.5. The van der Waals surface area contributed by atoms with Gasteiger partial charge in [-0.1, -0.05) is 18.2 Å². The Hall–Kier alpha value is -1.51. The van der Waals surface area contributed by atoms with E-state index >= 15 is 0 Å². The molecule has 1 N–H and O–H groups in total. The number of hydrogen-bond acceptors (Lipinski definition) is 2. The van der Waals surface area contributed by atoms with Gasteiger partial charge in [0, 0.05) is 5.56 Å². The van der Waals surface area contributed by atoms with E-state index in [1.807, 2.05) is 24.3 Å². The van der Waals surface area contributed by atoms with Crippen LogP contribution in [0.1, 0.15) is 24.8 Å². The highest BCUT2D eigenvalue weighted by Crippen LogP contribution is 2.27. The van der Waals surface area contributed by atoms with Crippen LogP contribution >= 0.6 is 0 Å². The number of rotatable bonds is 4. The lowest BCUT2D eigenvalue weighted by Crippen LogP contribution is -2.25. The van der Waals surface area contributed by atoms with Crippen LogP contribution in [0.4, 0.5) is 0 Å². The van der Waals surface area contributed by atoms with Gasteiger partial charge in [0.15, 0.2) is 0 Å². The molecule has 0 amide bonds. The number of carboxylic acid groups (broad SMARTS) is 1. The quantitative estimate of drug-likeness (QED) is 0.821. The highest BCUT2D eigenvalue weighted by Gasteiger charge is 2.20. The lowest BCUT2D eigenvalue weighted by Gasteiger charge is -2.27. The van der Waals surface area contributed by atoms with E-state index in [1.54, 1.807) is 0 Å². The Morgan fingerprint density at radius 3 is 2.73 bits per heavy atom. The van der Waals surface area contributed by atoms with Crippen molar-refractivity contribution in [1.29, 1.82) is 0 Å². The molecule has 3 nitrogen and oxygen atoms in total. The van der Waals surface area contributed by atoms with E-state index in [4.69, 9.17) is 9.84 Å². The van der Waals surface area contributed by atoms with Crippen molar-refractivity contribution in [3.8, 4) is 5.75 Å². The minimum atomic E-state index is -0.820. The van der Waals surface area contributed by atoms with Crippen LogP contribution < -0.4 is 4.74 Å². The second-order valence-corrected chi connectivity index (χ2v) is 3.85. The molecule has 0 atom stereocenters. The number of ether oxygens (including phenoxy) is 1. The van der Waals surface area contributed by atoms with Crippen LogP contribution in [0.2, 0.25) is 0 Å². The third-order valence-electron chi connectivity index (χ3n) is 2.66. The summed E-state index contributed by atoms with van der Waals surface area (Å²) in [6, 6.07) is 7.37. The van der Waals surface area contributed by atoms with E-state index in [0.29, 0.717) is 6.10 Å². The molecule has 1 aromatic rings. The van der Waals surface area contributed by atoms with E-state index in [1.165, 1.54) is 6.42 Å². The molecule has 0 unspecified atom stereocenters. The van der Waals surface area contributed by atoms with Crippen LogP contribution in [0.25, 0.3) is 0 Å². The molecule has 1 aromatic carbocycles. The van der Waals surface area contributed by atoms with Gasteiger partial charge in [-0.15, -0.1) is 0 Å². The van der Waals surface area contributed by atoms with E-state index in [-0.39, 0.29) is 6.42 Å². The Bertz CT molecular complexity index is 356. The molecule has 80 valence electrons. The Kier molecular flexibility index (Phi) is 2.90. The zero-order valence-corrected chi connectivity index (χ0v) is 8.48. The number of para-hydroxylation sites is 1. The van der Waals surface area contributed by atoms with Gasteiger partial charge in [-0.2, -0.15) is 0 Å². The van der Waals surface area contributed by atoms with Gasteiger partial charge in [0.05, 0.1) is 12.5 Å². The van der Waals surface area contributed by atoms with Crippen molar-refractivity contribution in [2.75, 3.05) is 0 Å². The largest absolute Gasteiger partial charge is 0.490 e. The summed E-state index contributed by atoms with van der Waals surface area (Å²) in [5.41, 5.74) is 0.761. The number of carbonyl (C=O) groups is 1. The number of aliphatic carboxylic acids is 1. The molecule has 1 aliphatic carbocycles. The van der Waals surface area contributed by atoms with Crippen LogP contribution in [-0.4, -0.2) is 17.2 Å². The fourth-order valence-corrected chi connectivity index (χ4v) is 1.60. The summed E-state index contributed by atoms with van der Waals surface area (Å²) >= 11 is 0. The monoisotopic (exact) mass is 206 g/mol. The standard InChI is InChI=1S/C12H14O3/c13-12(14)8-9-4-1-2-7-11(9)15-10-5-3-6-10/h1-2,4,7,10H,3,5-6,8H2,(H,13,14). The predicted octanol–water partition coefficient (Wildman–Crippen LogP) is 2.25. The second-order valence-electron chi connectivity index (χ2n) is 3.85. The summed E-state index contributed by atoms with van der Waals surface area (Å²) in [7, 11) is 0. The van der Waals surface area contributed by atoms with Gasteiger partial charge in [0.25, 0.3) is 0 Å². The summed E-state index contributed by atoms with van der Waals surface area (Å²) in [6.45, 7) is 0. The molecular formula is C12H14O3. The molecule has 0 spiro atoms. The molecule has 0 bridgehead atoms. The van der Waals surface area contributed by atoms with Crippen LogP contribution in [0.5, 0.6) is 5.75 Å². The number of hydrogen-bond donors (Lipinski definition) is 1. The van der Waals surface area contributed by atoms with E-state index in [2.05, 4.69) is 0 Å². The van der Waals surface area contributed by atoms with Gasteiger partial charge in [-0.25, -0.2) is 0 Å². The van der Waals surface area contributed by atoms with Crippen molar-refractivity contribution < 1.29 is 14.6 Å². The van der Waals surface area contributed by atoms with Crippen molar-refractivity contribution in [3.05, 3.63) is 29.8 Å². The molecular weight excluding hydrogens is 192 g/mol. The van der Waals surface area contributed by atoms with Gasteiger partial charge in [-0.3, -0.25) is 4.79 Å². The Morgan fingerprint density at radius 1 is 1.40 bits per heavy atom. The van der Waals surface area contributed by atoms with Gasteiger partial charge in [0.1, 0.15) is 5.75 Å². The van der Waals surface area contributed by atoms with Crippen LogP contribution in [0, 0.1) is 0 Å². The van der Waals surface area contributed by atoms with E-state index in [0.717, 1.165) is 24.2 Å². The lowest BCUT2D eigenvalue weighted by atomic mass is 9.96. The average Bonchev–Trinajstić information content (AvgIpc) is 2.13. The predicted molar refractivity (Wildman–Crippen MR) is 56.0 cm³/mol. The molecule has 15 heavy (non-hydrogen) atoms. The lowest BCUT2D eigenvalue weighted by molar-refractivity contribution is -0.136. The molecule has 1 saturated carbocycles. The molecule has 0 aliphatic heterocycles. The molecule has 0 aromatic heterocycles. The second kappa shape index (κ2) is 4.34. The van der Waals surface area contributed by atoms with Gasteiger partial charge < -0.3 is 9.84 Å². The minimum absolute atomic E-state index is 0.0306. The summed E-state index contributed by atoms with van der Waals surface area (Å²) in [6.07, 6.45) is 3.71. The minimum Gasteiger partial charge on any atom is -0.490 e. The molecule has 1 fully saturated rings. The molecule has 2 rings (SSSR count). The third kappa shape index (κ3) is 2.49. The molecule has 0 saturated heterocycles. The zero-order chi connectivity index (χ0) is 10.7. The Labute approximate surface area is 88.7 Å². The van der Waals surface area contributed by atoms with Gasteiger partial charge in [0.2, 0.25) is 0 Å². The molecule has 1 aliphatic rings. The topological polar surface area (TPSA) is 46.5 Å². The van der Waals surface area contributed by atoms with E-state index in [9.17, 15) is 4.79 Å². The first-order valence-electron chi connectivity index (χ1n) is 5.22. The number of benzene rings is 1. The zero-order valence-electron chi connectivity index (χ0n) is 8.48. The molecule has 0 heterocycles. The fourth-order valence-electron chi connectivity index (χ4n) is 1.60. The maximum Gasteiger partial charge on any atom is 0.307 e. The number of carboxylic acids is 1. The molecule has 3 heteroatoms. The Balaban J connectivity index is 2.09. The summed E-state index contributed by atoms with van der Waals surface area (Å²) < 4.78 is 5.72. The summed E-state index contributed by atoms with van der Waals surface area (Å²) in [5, 5.41) is 8.74. The first-order chi connectivity index (χ1) is 7.25. The first-order valence-corrected chi connectivity index (χ1v) is 5.22. The Morgan fingerprint density at radius 2 is 2.13 bits per heavy atom. The van der Waals surface area contributed by atoms with Crippen LogP contribution in [0.3, 0.4) is 0 Å². The van der Waals surface area contributed by atoms with Gasteiger partial charge in [-0.05, 0) is 25.3 Å². The summed E-state index contributed by atoms with van der Waals surface area (Å²) in [5.74, 6) is -0.0933. The smallest absolute Gasteiger partial charge is 0.307 e. The van der Waals surface area contributed by atoms with Crippen molar-refractivity contribution in [3.63, 3.8) is 0 Å². The maximum atomic E-state index is 10.6. The highest BCUT2D eigenvalue weighted by molar-refractivity contribution is 5.71. The maximum absolute atomic E-state index is 10.6. The summed E-state index contributed by atoms with van der Waals surface area (Å²) in [4.78, 5) is 10.6. The third-order valence-corrected chi connectivity index (χ3v) is 2.66. The van der Waals surface area contributed by atoms with Crippen LogP contribution in [-0.2, 0) is 11.2 Å². The normalized spacial score (nSPS) is 15.7. The SMILES string of the molecule is O=C(O)Cc1ccccc1OC1CCC1. The fraction of sp³-hybridized carbons (Fsp3) is 0.417. The van der Waals surface area contributed by atoms with Crippen molar-refractivity contribution >= 4 is 5.97 Å². The molecule has 0 radical (unpaired) electrons. The van der Waals surface area contributed by atoms with Crippen molar-refractivity contribution in [1.82, 2.24) is 0 Å². The average molecular weight is 206 g/mol. The van der Waals surface area contributed by atoms with Crippen molar-refractivity contribution in [2.24, 2.45) is 0 Å².